The van der Waals surface area contributed by atoms with Crippen molar-refractivity contribution >= 4 is 0 Å². The topological polar surface area (TPSA) is 51.6 Å². The van der Waals surface area contributed by atoms with Crippen molar-refractivity contribution in [2.45, 2.75) is 20.6 Å². The van der Waals surface area contributed by atoms with Crippen LogP contribution in [0.1, 0.15) is 24.9 Å². The zero-order chi connectivity index (χ0) is 48.5. The summed E-state index contributed by atoms with van der Waals surface area (Å²) >= 11 is 0. The predicted molar refractivity (Wildman–Crippen MR) is 259 cm³/mol. The van der Waals surface area contributed by atoms with E-state index in [0.29, 0.717) is 0 Å². The van der Waals surface area contributed by atoms with Crippen molar-refractivity contribution in [1.29, 1.82) is 0 Å². The molecule has 0 amide bonds. The van der Waals surface area contributed by atoms with Crippen molar-refractivity contribution in [3.8, 4) is 67.3 Å². The van der Waals surface area contributed by atoms with Gasteiger partial charge in [0.15, 0.2) is 0 Å². The molecule has 0 aliphatic carbocycles. The number of nitrogens with zero attached hydrogens (tertiary/aromatic N) is 4. The number of pyridine rings is 4. The van der Waals surface area contributed by atoms with Gasteiger partial charge in [0.25, 0.3) is 0 Å². The molecule has 4 nitrogen and oxygen atoms in total. The predicted octanol–water partition coefficient (Wildman–Crippen LogP) is 14.4. The van der Waals surface area contributed by atoms with Crippen LogP contribution in [-0.4, -0.2) is 19.9 Å². The van der Waals surface area contributed by atoms with Crippen LogP contribution in [0.25, 0.3) is 67.3 Å². The second kappa shape index (κ2) is 26.1. The van der Waals surface area contributed by atoms with Crippen LogP contribution >= 0.6 is 0 Å². The maximum atomic E-state index is 7.23. The number of aryl methyl sites for hydroxylation is 3. The molecule has 0 fully saturated rings. The quantitative estimate of drug-likeness (QED) is 0.156. The third-order valence-electron chi connectivity index (χ3n) is 9.48. The molecule has 0 atom stereocenters. The summed E-state index contributed by atoms with van der Waals surface area (Å²) in [6.07, 6.45) is 6.48. The van der Waals surface area contributed by atoms with Crippen LogP contribution in [0.4, 0.5) is 0 Å². The van der Waals surface area contributed by atoms with Gasteiger partial charge < -0.3 is 19.9 Å². The smallest absolute Gasteiger partial charge is 0.0280 e. The third-order valence-corrected chi connectivity index (χ3v) is 9.48. The van der Waals surface area contributed by atoms with Crippen molar-refractivity contribution < 1.29 is 48.4 Å². The van der Waals surface area contributed by atoms with E-state index in [4.69, 9.17) is 8.22 Å². The summed E-state index contributed by atoms with van der Waals surface area (Å²) in [6, 6.07) is 76.9. The molecule has 0 bridgehead atoms. The normalized spacial score (nSPS) is 11.6. The number of benzene rings is 6. The molecule has 6 aromatic carbocycles. The minimum atomic E-state index is -2.09. The van der Waals surface area contributed by atoms with Crippen molar-refractivity contribution in [2.24, 2.45) is 0 Å². The van der Waals surface area contributed by atoms with Gasteiger partial charge in [-0.15, -0.1) is 144 Å². The minimum Gasteiger partial charge on any atom is -0.305 e. The Hall–Kier alpha value is -6.78. The summed E-state index contributed by atoms with van der Waals surface area (Å²) in [5.74, 6) is 0. The van der Waals surface area contributed by atoms with Gasteiger partial charge in [0.05, 0.1) is 0 Å². The first kappa shape index (κ1) is 41.0. The summed E-state index contributed by atoms with van der Waals surface area (Å²) in [6.45, 7) is -2.08. The molecular weight excluding hydrogens is 1150 g/mol. The van der Waals surface area contributed by atoms with Gasteiger partial charge in [0.2, 0.25) is 0 Å². The molecule has 6 heteroatoms. The fourth-order valence-electron chi connectivity index (χ4n) is 6.21. The Morgan fingerprint density at radius 2 is 0.708 bits per heavy atom. The van der Waals surface area contributed by atoms with Crippen LogP contribution < -0.4 is 0 Å². The number of hydrogen-bond acceptors (Lipinski definition) is 4. The number of hydrogen-bond donors (Lipinski definition) is 0. The van der Waals surface area contributed by atoms with E-state index < -0.39 is 13.7 Å². The minimum absolute atomic E-state index is 0. The summed E-state index contributed by atoms with van der Waals surface area (Å²) in [5, 5.41) is 0. The molecule has 0 N–H and O–H groups in total. The van der Waals surface area contributed by atoms with E-state index in [1.54, 1.807) is 36.4 Å². The Balaban J connectivity index is 0.000000175. The number of rotatable bonds is 6. The zero-order valence-corrected chi connectivity index (χ0v) is 40.1. The maximum Gasteiger partial charge on any atom is 0.0280 e. The molecule has 0 saturated heterocycles. The molecule has 0 aliphatic heterocycles. The SMILES string of the molecule is Cc1ccc(-c2ccnc(-c3[c-]cccc3)c2)cc1.[2H]C([2H])([2H])c1ccc(-c2[c-]cccc2)nc1.[2H]C([2H])([2H])c1ccc(-c2[c-]cccc2)nc1.[Ir].[Ir].[c-]1ccccc1-c1cc(-c2ccccc2)ccn1. The van der Waals surface area contributed by atoms with Gasteiger partial charge in [-0.25, -0.2) is 0 Å². The van der Waals surface area contributed by atoms with Crippen LogP contribution in [0.15, 0.2) is 225 Å². The van der Waals surface area contributed by atoms with Crippen molar-refractivity contribution in [1.82, 2.24) is 19.9 Å². The fraction of sp³-hybridized carbons (Fsp3) is 0.0508. The first-order valence-corrected chi connectivity index (χ1v) is 20.3. The van der Waals surface area contributed by atoms with E-state index >= 15 is 0 Å². The first-order chi connectivity index (χ1) is 33.4. The molecule has 324 valence electrons. The van der Waals surface area contributed by atoms with Crippen molar-refractivity contribution in [3.63, 3.8) is 0 Å². The summed E-state index contributed by atoms with van der Waals surface area (Å²) in [4.78, 5) is 17.1. The molecule has 0 spiro atoms. The third kappa shape index (κ3) is 15.2. The monoisotopic (exact) mass is 1200 g/mol. The average molecular weight is 1200 g/mol. The van der Waals surface area contributed by atoms with E-state index in [0.717, 1.165) is 45.0 Å². The van der Waals surface area contributed by atoms with Crippen molar-refractivity contribution in [3.05, 3.63) is 266 Å². The molecule has 65 heavy (non-hydrogen) atoms. The van der Waals surface area contributed by atoms with E-state index in [1.165, 1.54) is 40.2 Å². The van der Waals surface area contributed by atoms with Gasteiger partial charge in [0.1, 0.15) is 0 Å². The Bertz CT molecular complexity index is 2940. The molecule has 10 aromatic rings. The number of aromatic nitrogens is 4. The van der Waals surface area contributed by atoms with Gasteiger partial charge in [-0.2, -0.15) is 0 Å². The molecule has 10 rings (SSSR count). The van der Waals surface area contributed by atoms with Crippen molar-refractivity contribution in [2.75, 3.05) is 0 Å². The standard InChI is InChI=1S/C18H14N.C17H12N.2C12H10N.2Ir/c1-14-7-9-15(10-8-14)17-11-12-19-18(13-17)16-5-3-2-4-6-16;1-3-7-14(8-4-1)16-11-12-18-17(13-16)15-9-5-2-6-10-15;2*1-10-7-8-12(13-9-10)11-5-3-2-4-6-11;;/h2-5,7-13H,1H3;1-9,11-13H;2*2-5,7-9H,1H3;;/q4*-1;;/i;;2*1D3;;. The van der Waals surface area contributed by atoms with E-state index in [1.807, 2.05) is 128 Å². The summed E-state index contributed by atoms with van der Waals surface area (Å²) < 4.78 is 43.4. The van der Waals surface area contributed by atoms with Gasteiger partial charge in [-0.1, -0.05) is 96.6 Å². The Morgan fingerprint density at radius 1 is 0.338 bits per heavy atom. The van der Waals surface area contributed by atoms with Crippen LogP contribution in [0.2, 0.25) is 0 Å². The Morgan fingerprint density at radius 3 is 1.06 bits per heavy atom. The second-order valence-electron chi connectivity index (χ2n) is 14.1. The fourth-order valence-corrected chi connectivity index (χ4v) is 6.21. The van der Waals surface area contributed by atoms with E-state index in [-0.39, 0.29) is 51.3 Å². The van der Waals surface area contributed by atoms with E-state index in [2.05, 4.69) is 99.7 Å². The Kier molecular flexibility index (Phi) is 16.5. The van der Waals surface area contributed by atoms with Crippen LogP contribution in [0, 0.1) is 44.9 Å². The maximum absolute atomic E-state index is 7.23. The van der Waals surface area contributed by atoms with Gasteiger partial charge in [0, 0.05) is 73.2 Å². The molecular formula is C59H46Ir2N4-4. The van der Waals surface area contributed by atoms with Gasteiger partial charge in [-0.05, 0) is 88.9 Å². The van der Waals surface area contributed by atoms with Crippen LogP contribution in [-0.2, 0) is 40.2 Å². The Labute approximate surface area is 419 Å². The first-order valence-electron chi connectivity index (χ1n) is 23.3. The molecule has 0 unspecified atom stereocenters. The average Bonchev–Trinajstić information content (AvgIpc) is 3.40. The van der Waals surface area contributed by atoms with Crippen LogP contribution in [0.3, 0.4) is 0 Å². The van der Waals surface area contributed by atoms with E-state index in [9.17, 15) is 0 Å². The van der Waals surface area contributed by atoms with Gasteiger partial charge >= 0.3 is 0 Å². The molecule has 0 saturated carbocycles. The summed E-state index contributed by atoms with van der Waals surface area (Å²) in [7, 11) is 0. The zero-order valence-electron chi connectivity index (χ0n) is 41.3. The molecule has 0 aliphatic rings. The molecule has 4 aromatic heterocycles. The largest absolute Gasteiger partial charge is 0.305 e. The molecule has 2 radical (unpaired) electrons. The van der Waals surface area contributed by atoms with Crippen LogP contribution in [0.5, 0.6) is 0 Å². The molecule has 4 heterocycles. The summed E-state index contributed by atoms with van der Waals surface area (Å²) in [5.41, 5.74) is 13.7. The van der Waals surface area contributed by atoms with Gasteiger partial charge in [-0.3, -0.25) is 0 Å². The second-order valence-corrected chi connectivity index (χ2v) is 14.1.